The van der Waals surface area contributed by atoms with Gasteiger partial charge in [-0.1, -0.05) is 18.2 Å². The second-order valence-electron chi connectivity index (χ2n) is 5.34. The van der Waals surface area contributed by atoms with E-state index in [4.69, 9.17) is 0 Å². The minimum Gasteiger partial charge on any atom is -0.376 e. The third kappa shape index (κ3) is 6.08. The highest BCUT2D eigenvalue weighted by molar-refractivity contribution is 5.89. The molecular formula is C18H20FN3O2. The quantitative estimate of drug-likeness (QED) is 0.731. The number of carbonyl (C=O) groups is 2. The van der Waals surface area contributed by atoms with E-state index in [1.165, 1.54) is 19.1 Å². The summed E-state index contributed by atoms with van der Waals surface area (Å²) < 4.78 is 12.8. The zero-order valence-corrected chi connectivity index (χ0v) is 13.4. The van der Waals surface area contributed by atoms with E-state index in [-0.39, 0.29) is 24.2 Å². The number of benzene rings is 2. The summed E-state index contributed by atoms with van der Waals surface area (Å²) in [5, 5.41) is 8.48. The van der Waals surface area contributed by atoms with Crippen LogP contribution in [0.25, 0.3) is 0 Å². The van der Waals surface area contributed by atoms with Crippen LogP contribution in [0.1, 0.15) is 12.5 Å². The molecule has 0 aromatic heterocycles. The van der Waals surface area contributed by atoms with E-state index in [0.717, 1.165) is 11.3 Å². The zero-order chi connectivity index (χ0) is 17.4. The summed E-state index contributed by atoms with van der Waals surface area (Å²) in [7, 11) is 0. The van der Waals surface area contributed by atoms with Gasteiger partial charge in [-0.25, -0.2) is 4.39 Å². The van der Waals surface area contributed by atoms with Gasteiger partial charge < -0.3 is 16.0 Å². The molecule has 2 aromatic rings. The van der Waals surface area contributed by atoms with Gasteiger partial charge in [0.15, 0.2) is 0 Å². The first-order valence-electron chi connectivity index (χ1n) is 7.65. The van der Waals surface area contributed by atoms with Gasteiger partial charge in [-0.2, -0.15) is 0 Å². The lowest BCUT2D eigenvalue weighted by atomic mass is 10.1. The first-order valence-corrected chi connectivity index (χ1v) is 7.65. The summed E-state index contributed by atoms with van der Waals surface area (Å²) in [6, 6.07) is 13.3. The topological polar surface area (TPSA) is 70.2 Å². The van der Waals surface area contributed by atoms with Crippen molar-refractivity contribution in [3.8, 4) is 0 Å². The van der Waals surface area contributed by atoms with Crippen LogP contribution in [0.4, 0.5) is 15.8 Å². The molecular weight excluding hydrogens is 309 g/mol. The molecule has 0 atom stereocenters. The number of hydrogen-bond donors (Lipinski definition) is 3. The Balaban J connectivity index is 1.73. The lowest BCUT2D eigenvalue weighted by molar-refractivity contribution is -0.119. The molecule has 126 valence electrons. The van der Waals surface area contributed by atoms with E-state index < -0.39 is 0 Å². The van der Waals surface area contributed by atoms with Crippen LogP contribution in [0.2, 0.25) is 0 Å². The van der Waals surface area contributed by atoms with Crippen molar-refractivity contribution in [2.24, 2.45) is 0 Å². The molecule has 24 heavy (non-hydrogen) atoms. The van der Waals surface area contributed by atoms with Crippen molar-refractivity contribution < 1.29 is 14.0 Å². The molecule has 2 amide bonds. The van der Waals surface area contributed by atoms with E-state index in [9.17, 15) is 14.0 Å². The summed E-state index contributed by atoms with van der Waals surface area (Å²) in [5.74, 6) is -0.554. The van der Waals surface area contributed by atoms with E-state index >= 15 is 0 Å². The summed E-state index contributed by atoms with van der Waals surface area (Å²) in [6.07, 6.45) is 0.643. The predicted molar refractivity (Wildman–Crippen MR) is 92.3 cm³/mol. The first kappa shape index (κ1) is 17.5. The molecule has 0 unspecified atom stereocenters. The van der Waals surface area contributed by atoms with Crippen LogP contribution in [0.3, 0.4) is 0 Å². The third-order valence-electron chi connectivity index (χ3n) is 3.29. The summed E-state index contributed by atoms with van der Waals surface area (Å²) in [4.78, 5) is 22.8. The molecule has 3 N–H and O–H groups in total. The Morgan fingerprint density at radius 2 is 1.75 bits per heavy atom. The normalized spacial score (nSPS) is 10.1. The van der Waals surface area contributed by atoms with Crippen molar-refractivity contribution in [3.05, 3.63) is 59.9 Å². The molecule has 0 fully saturated rings. The maximum atomic E-state index is 12.8. The monoisotopic (exact) mass is 329 g/mol. The number of nitrogens with one attached hydrogen (secondary N) is 3. The Kier molecular flexibility index (Phi) is 6.31. The van der Waals surface area contributed by atoms with Crippen molar-refractivity contribution in [2.45, 2.75) is 13.3 Å². The Labute approximate surface area is 140 Å². The average Bonchev–Trinajstić information content (AvgIpc) is 2.54. The van der Waals surface area contributed by atoms with Gasteiger partial charge >= 0.3 is 0 Å². The molecule has 5 nitrogen and oxygen atoms in total. The van der Waals surface area contributed by atoms with Crippen molar-refractivity contribution in [3.63, 3.8) is 0 Å². The fourth-order valence-electron chi connectivity index (χ4n) is 2.15. The van der Waals surface area contributed by atoms with Crippen LogP contribution in [-0.4, -0.2) is 24.9 Å². The van der Waals surface area contributed by atoms with E-state index in [1.807, 2.05) is 6.07 Å². The number of anilines is 2. The van der Waals surface area contributed by atoms with Crippen molar-refractivity contribution in [2.75, 3.05) is 23.7 Å². The largest absolute Gasteiger partial charge is 0.376 e. The molecule has 0 radical (unpaired) electrons. The highest BCUT2D eigenvalue weighted by Gasteiger charge is 2.02. The fourth-order valence-corrected chi connectivity index (χ4v) is 2.15. The van der Waals surface area contributed by atoms with Crippen LogP contribution >= 0.6 is 0 Å². The fraction of sp³-hybridized carbons (Fsp3) is 0.222. The molecule has 6 heteroatoms. The van der Waals surface area contributed by atoms with Gasteiger partial charge in [-0.3, -0.25) is 9.59 Å². The molecule has 2 rings (SSSR count). The number of rotatable bonds is 7. The van der Waals surface area contributed by atoms with Crippen LogP contribution in [0.5, 0.6) is 0 Å². The lowest BCUT2D eigenvalue weighted by Gasteiger charge is -2.09. The summed E-state index contributed by atoms with van der Waals surface area (Å²) in [5.41, 5.74) is 2.38. The van der Waals surface area contributed by atoms with E-state index in [0.29, 0.717) is 18.7 Å². The van der Waals surface area contributed by atoms with Gasteiger partial charge in [0.05, 0.1) is 6.54 Å². The molecule has 0 bridgehead atoms. The molecule has 0 aliphatic rings. The van der Waals surface area contributed by atoms with E-state index in [2.05, 4.69) is 16.0 Å². The SMILES string of the molecule is CC(=O)Nc1cccc(NCC(=O)NCCc2ccc(F)cc2)c1. The molecule has 2 aromatic carbocycles. The van der Waals surface area contributed by atoms with E-state index in [1.54, 1.807) is 30.3 Å². The third-order valence-corrected chi connectivity index (χ3v) is 3.29. The Bertz CT molecular complexity index is 702. The van der Waals surface area contributed by atoms with Crippen molar-refractivity contribution in [1.29, 1.82) is 0 Å². The van der Waals surface area contributed by atoms with Gasteiger partial charge in [0.25, 0.3) is 0 Å². The minimum atomic E-state index is -0.270. The van der Waals surface area contributed by atoms with Crippen LogP contribution in [0, 0.1) is 5.82 Å². The highest BCUT2D eigenvalue weighted by Crippen LogP contribution is 2.14. The number of hydrogen-bond acceptors (Lipinski definition) is 3. The van der Waals surface area contributed by atoms with Gasteiger partial charge in [0.1, 0.15) is 5.82 Å². The Hall–Kier alpha value is -2.89. The summed E-state index contributed by atoms with van der Waals surface area (Å²) in [6.45, 7) is 2.06. The Morgan fingerprint density at radius 3 is 2.46 bits per heavy atom. The van der Waals surface area contributed by atoms with Gasteiger partial charge in [0, 0.05) is 24.8 Å². The molecule has 0 aliphatic heterocycles. The highest BCUT2D eigenvalue weighted by atomic mass is 19.1. The number of halogens is 1. The van der Waals surface area contributed by atoms with Crippen molar-refractivity contribution in [1.82, 2.24) is 5.32 Å². The van der Waals surface area contributed by atoms with Crippen LogP contribution in [0.15, 0.2) is 48.5 Å². The summed E-state index contributed by atoms with van der Waals surface area (Å²) >= 11 is 0. The first-order chi connectivity index (χ1) is 11.5. The Morgan fingerprint density at radius 1 is 1.04 bits per heavy atom. The maximum absolute atomic E-state index is 12.8. The molecule has 0 spiro atoms. The standard InChI is InChI=1S/C18H20FN3O2/c1-13(23)22-17-4-2-3-16(11-17)21-12-18(24)20-10-9-14-5-7-15(19)8-6-14/h2-8,11,21H,9-10,12H2,1H3,(H,20,24)(H,22,23). The van der Waals surface area contributed by atoms with Gasteiger partial charge in [-0.05, 0) is 42.3 Å². The number of carbonyl (C=O) groups excluding carboxylic acids is 2. The zero-order valence-electron chi connectivity index (χ0n) is 13.4. The van der Waals surface area contributed by atoms with Crippen molar-refractivity contribution >= 4 is 23.2 Å². The lowest BCUT2D eigenvalue weighted by Crippen LogP contribution is -2.31. The van der Waals surface area contributed by atoms with Crippen LogP contribution in [-0.2, 0) is 16.0 Å². The molecule has 0 aliphatic carbocycles. The van der Waals surface area contributed by atoms with Gasteiger partial charge in [-0.15, -0.1) is 0 Å². The molecule has 0 saturated carbocycles. The second kappa shape index (κ2) is 8.67. The van der Waals surface area contributed by atoms with Gasteiger partial charge in [0.2, 0.25) is 11.8 Å². The smallest absolute Gasteiger partial charge is 0.239 e. The number of amides is 2. The maximum Gasteiger partial charge on any atom is 0.239 e. The molecule has 0 heterocycles. The minimum absolute atomic E-state index is 0.132. The average molecular weight is 329 g/mol. The predicted octanol–water partition coefficient (Wildman–Crippen LogP) is 2.55. The second-order valence-corrected chi connectivity index (χ2v) is 5.34. The molecule has 0 saturated heterocycles. The van der Waals surface area contributed by atoms with Crippen LogP contribution < -0.4 is 16.0 Å².